The summed E-state index contributed by atoms with van der Waals surface area (Å²) < 4.78 is 13.4. The standard InChI is InChI=1S/C7H12O3.C6H8O4.C6H14O3.C5H8O2.C4H6O2/c1-6(2)7(9)10-5-3-4-8;1-2-6(9)10-4-3-5(7)8;1-2-6(3-7,4-8)5-9;1-3-5(6)7-4-2;1-3(2)4(5)6/h8H,1,3-5H2,2H3;2H,1,3-4H2,(H,7,8);7-9H,2-5H2,1H3;3H,1,4H2,2H3;1H2,2H3,(H,5,6). The Morgan fingerprint density at radius 1 is 0.738 bits per heavy atom. The van der Waals surface area contributed by atoms with Crippen molar-refractivity contribution in [2.24, 2.45) is 5.41 Å². The van der Waals surface area contributed by atoms with Gasteiger partial charge in [-0.1, -0.05) is 33.2 Å². The van der Waals surface area contributed by atoms with Gasteiger partial charge in [0.25, 0.3) is 0 Å². The molecule has 0 fully saturated rings. The minimum absolute atomic E-state index is 0.0451. The first-order valence-electron chi connectivity index (χ1n) is 12.5. The van der Waals surface area contributed by atoms with E-state index in [9.17, 15) is 24.0 Å². The van der Waals surface area contributed by atoms with E-state index in [1.54, 1.807) is 13.8 Å². The van der Waals surface area contributed by atoms with E-state index in [1.165, 1.54) is 6.92 Å². The van der Waals surface area contributed by atoms with Crippen LogP contribution in [0.15, 0.2) is 49.6 Å². The van der Waals surface area contributed by atoms with E-state index >= 15 is 0 Å². The molecule has 0 amide bonds. The average molecular weight is 609 g/mol. The Kier molecular flexibility index (Phi) is 38.1. The van der Waals surface area contributed by atoms with Gasteiger partial charge in [-0.3, -0.25) is 4.79 Å². The number of carbonyl (C=O) groups excluding carboxylic acids is 3. The van der Waals surface area contributed by atoms with Crippen molar-refractivity contribution >= 4 is 29.8 Å². The molecule has 6 N–H and O–H groups in total. The van der Waals surface area contributed by atoms with Crippen LogP contribution in [0.3, 0.4) is 0 Å². The average Bonchev–Trinajstić information content (AvgIpc) is 2.95. The van der Waals surface area contributed by atoms with E-state index in [4.69, 9.17) is 30.6 Å². The molecule has 0 spiro atoms. The second kappa shape index (κ2) is 33.4. The van der Waals surface area contributed by atoms with Crippen LogP contribution < -0.4 is 0 Å². The van der Waals surface area contributed by atoms with E-state index in [1.807, 2.05) is 6.92 Å². The van der Waals surface area contributed by atoms with Gasteiger partial charge in [0.05, 0.1) is 39.5 Å². The molecule has 14 nitrogen and oxygen atoms in total. The van der Waals surface area contributed by atoms with Gasteiger partial charge in [-0.25, -0.2) is 19.2 Å². The van der Waals surface area contributed by atoms with Gasteiger partial charge in [-0.05, 0) is 27.2 Å². The molecule has 0 atom stereocenters. The van der Waals surface area contributed by atoms with Crippen LogP contribution in [0.1, 0.15) is 47.0 Å². The van der Waals surface area contributed by atoms with Crippen LogP contribution in [0.2, 0.25) is 0 Å². The second-order valence-corrected chi connectivity index (χ2v) is 7.88. The molecule has 0 unspecified atom stereocenters. The third-order valence-corrected chi connectivity index (χ3v) is 4.19. The van der Waals surface area contributed by atoms with Crippen molar-refractivity contribution in [3.8, 4) is 0 Å². The number of aliphatic hydroxyl groups excluding tert-OH is 4. The van der Waals surface area contributed by atoms with E-state index in [-0.39, 0.29) is 57.6 Å². The fourth-order valence-electron chi connectivity index (χ4n) is 1.34. The topological polar surface area (TPSA) is 234 Å². The lowest BCUT2D eigenvalue weighted by atomic mass is 9.88. The molecule has 0 aliphatic heterocycles. The number of hydrogen-bond acceptors (Lipinski definition) is 12. The molecule has 14 heteroatoms. The maximum absolute atomic E-state index is 10.6. The molecule has 0 bridgehead atoms. The summed E-state index contributed by atoms with van der Waals surface area (Å²) in [7, 11) is 0. The largest absolute Gasteiger partial charge is 0.481 e. The van der Waals surface area contributed by atoms with Gasteiger partial charge < -0.3 is 44.8 Å². The van der Waals surface area contributed by atoms with Gasteiger partial charge in [0.15, 0.2) is 0 Å². The lowest BCUT2D eigenvalue weighted by Gasteiger charge is -2.24. The van der Waals surface area contributed by atoms with Gasteiger partial charge in [0.1, 0.15) is 6.61 Å². The third kappa shape index (κ3) is 38.3. The van der Waals surface area contributed by atoms with Crippen LogP contribution in [-0.4, -0.2) is 107 Å². The Labute approximate surface area is 247 Å². The number of rotatable bonds is 15. The van der Waals surface area contributed by atoms with Crippen molar-refractivity contribution in [1.29, 1.82) is 0 Å². The molecular formula is C28H48O14. The lowest BCUT2D eigenvalue weighted by molar-refractivity contribution is -0.143. The van der Waals surface area contributed by atoms with Gasteiger partial charge in [-0.2, -0.15) is 0 Å². The Morgan fingerprint density at radius 3 is 1.38 bits per heavy atom. The van der Waals surface area contributed by atoms with Crippen LogP contribution in [0.4, 0.5) is 0 Å². The minimum atomic E-state index is -0.989. The quantitative estimate of drug-likeness (QED) is 0.0668. The summed E-state index contributed by atoms with van der Waals surface area (Å²) in [5.41, 5.74) is -0.104. The predicted molar refractivity (Wildman–Crippen MR) is 154 cm³/mol. The van der Waals surface area contributed by atoms with Crippen LogP contribution in [-0.2, 0) is 38.2 Å². The molecule has 0 rings (SSSR count). The fraction of sp³-hybridized carbons (Fsp3) is 0.536. The van der Waals surface area contributed by atoms with Crippen LogP contribution in [0.5, 0.6) is 0 Å². The summed E-state index contributed by atoms with van der Waals surface area (Å²) in [5.74, 6) is -3.27. The number of carbonyl (C=O) groups is 5. The highest BCUT2D eigenvalue weighted by molar-refractivity contribution is 5.87. The number of esters is 3. The minimum Gasteiger partial charge on any atom is -0.481 e. The van der Waals surface area contributed by atoms with Crippen LogP contribution in [0.25, 0.3) is 0 Å². The number of hydrogen-bond donors (Lipinski definition) is 6. The zero-order valence-corrected chi connectivity index (χ0v) is 25.0. The summed E-state index contributed by atoms with van der Waals surface area (Å²) in [5, 5.41) is 50.2. The number of aliphatic carboxylic acids is 2. The fourth-order valence-corrected chi connectivity index (χ4v) is 1.34. The highest BCUT2D eigenvalue weighted by Crippen LogP contribution is 2.18. The van der Waals surface area contributed by atoms with E-state index in [0.29, 0.717) is 25.0 Å². The normalized spacial score (nSPS) is 9.05. The highest BCUT2D eigenvalue weighted by atomic mass is 16.5. The molecule has 0 saturated heterocycles. The molecule has 0 aromatic heterocycles. The lowest BCUT2D eigenvalue weighted by Crippen LogP contribution is -2.32. The predicted octanol–water partition coefficient (Wildman–Crippen LogP) is 1.42. The summed E-state index contributed by atoms with van der Waals surface area (Å²) >= 11 is 0. The van der Waals surface area contributed by atoms with Gasteiger partial charge in [-0.15, -0.1) is 0 Å². The molecule has 0 aliphatic rings. The first-order valence-corrected chi connectivity index (χ1v) is 12.5. The van der Waals surface area contributed by atoms with Crippen molar-refractivity contribution in [3.05, 3.63) is 49.6 Å². The van der Waals surface area contributed by atoms with Crippen molar-refractivity contribution in [3.63, 3.8) is 0 Å². The zero-order valence-electron chi connectivity index (χ0n) is 25.0. The number of carboxylic acid groups (broad SMARTS) is 2. The zero-order chi connectivity index (χ0) is 34.1. The van der Waals surface area contributed by atoms with E-state index in [2.05, 4.69) is 40.5 Å². The molecule has 42 heavy (non-hydrogen) atoms. The molecule has 0 aromatic rings. The summed E-state index contributed by atoms with van der Waals surface area (Å²) in [6.07, 6.45) is 3.04. The first-order chi connectivity index (χ1) is 19.5. The van der Waals surface area contributed by atoms with Gasteiger partial charge >= 0.3 is 29.8 Å². The number of ether oxygens (including phenoxy) is 3. The molecule has 0 aromatic carbocycles. The summed E-state index contributed by atoms with van der Waals surface area (Å²) in [6, 6.07) is 0. The molecule has 0 saturated carbocycles. The van der Waals surface area contributed by atoms with Crippen LogP contribution >= 0.6 is 0 Å². The number of aliphatic hydroxyl groups is 4. The smallest absolute Gasteiger partial charge is 0.333 e. The van der Waals surface area contributed by atoms with Crippen molar-refractivity contribution < 1.29 is 68.8 Å². The Balaban J connectivity index is -0.000000138. The van der Waals surface area contributed by atoms with Crippen molar-refractivity contribution in [2.45, 2.75) is 47.0 Å². The first kappa shape index (κ1) is 47.9. The molecule has 0 heterocycles. The van der Waals surface area contributed by atoms with Gasteiger partial charge in [0.2, 0.25) is 0 Å². The Morgan fingerprint density at radius 2 is 1.17 bits per heavy atom. The monoisotopic (exact) mass is 608 g/mol. The maximum Gasteiger partial charge on any atom is 0.333 e. The second-order valence-electron chi connectivity index (χ2n) is 7.88. The Bertz CT molecular complexity index is 784. The van der Waals surface area contributed by atoms with E-state index in [0.717, 1.165) is 12.2 Å². The molecule has 244 valence electrons. The maximum atomic E-state index is 10.6. The molecular weight excluding hydrogens is 560 g/mol. The number of carboxylic acids is 2. The van der Waals surface area contributed by atoms with E-state index < -0.39 is 29.3 Å². The van der Waals surface area contributed by atoms with Gasteiger partial charge in [0, 0.05) is 41.7 Å². The Hall–Kier alpha value is -3.85. The SMILES string of the molecule is C=C(C)C(=O)O.C=C(C)C(=O)OCCCO.C=CC(=O)OCC.C=CC(=O)OCCC(=O)O.CCC(CO)(CO)CO. The summed E-state index contributed by atoms with van der Waals surface area (Å²) in [4.78, 5) is 50.4. The molecule has 0 aliphatic carbocycles. The highest BCUT2D eigenvalue weighted by Gasteiger charge is 2.24. The van der Waals surface area contributed by atoms with Crippen LogP contribution in [0, 0.1) is 5.41 Å². The third-order valence-electron chi connectivity index (χ3n) is 4.19. The summed E-state index contributed by atoms with van der Waals surface area (Å²) in [6.45, 7) is 19.7. The molecule has 0 radical (unpaired) electrons. The van der Waals surface area contributed by atoms with Crippen molar-refractivity contribution in [1.82, 2.24) is 0 Å². The van der Waals surface area contributed by atoms with Crippen molar-refractivity contribution in [2.75, 3.05) is 46.2 Å².